The molecule has 1 saturated heterocycles. The molecule has 1 N–H and O–H groups in total. The van der Waals surface area contributed by atoms with Crippen molar-refractivity contribution in [2.75, 3.05) is 11.4 Å². The summed E-state index contributed by atoms with van der Waals surface area (Å²) >= 11 is 0. The van der Waals surface area contributed by atoms with Gasteiger partial charge >= 0.3 is 0 Å². The molecule has 0 aliphatic carbocycles. The Bertz CT molecular complexity index is 551. The van der Waals surface area contributed by atoms with Crippen molar-refractivity contribution in [1.29, 1.82) is 0 Å². The van der Waals surface area contributed by atoms with E-state index in [0.29, 0.717) is 17.8 Å². The van der Waals surface area contributed by atoms with Crippen LogP contribution in [0.25, 0.3) is 0 Å². The van der Waals surface area contributed by atoms with Crippen LogP contribution in [0.15, 0.2) is 18.2 Å². The zero-order valence-corrected chi connectivity index (χ0v) is 9.03. The quantitative estimate of drug-likeness (QED) is 0.702. The lowest BCUT2D eigenvalue weighted by atomic mass is 10.1. The monoisotopic (exact) mass is 230 g/mol. The minimum atomic E-state index is -0.174. The van der Waals surface area contributed by atoms with Gasteiger partial charge in [0.2, 0.25) is 5.91 Å². The van der Waals surface area contributed by atoms with Crippen LogP contribution in [0.1, 0.15) is 22.3 Å². The zero-order chi connectivity index (χ0) is 12.0. The number of nitrogens with one attached hydrogen (secondary N) is 1. The molecule has 86 valence electrons. The number of fused-ring (bicyclic) bond motifs is 1. The van der Waals surface area contributed by atoms with Gasteiger partial charge in [-0.3, -0.25) is 14.4 Å². The van der Waals surface area contributed by atoms with Crippen LogP contribution in [-0.2, 0) is 16.1 Å². The van der Waals surface area contributed by atoms with E-state index in [1.54, 1.807) is 18.2 Å². The number of rotatable bonds is 1. The summed E-state index contributed by atoms with van der Waals surface area (Å²) in [5, 5.41) is 2.71. The molecule has 2 amide bonds. The SMILES string of the molecule is O=C1CC(=O)N(c2ccc3c(c2)CNC3=O)C1. The van der Waals surface area contributed by atoms with Gasteiger partial charge in [0, 0.05) is 17.8 Å². The Morgan fingerprint density at radius 3 is 2.71 bits per heavy atom. The van der Waals surface area contributed by atoms with Gasteiger partial charge in [-0.1, -0.05) is 0 Å². The molecule has 1 aromatic carbocycles. The maximum absolute atomic E-state index is 11.6. The fourth-order valence-corrected chi connectivity index (χ4v) is 2.21. The third-order valence-corrected chi connectivity index (χ3v) is 3.07. The van der Waals surface area contributed by atoms with Crippen molar-refractivity contribution in [1.82, 2.24) is 5.32 Å². The second kappa shape index (κ2) is 3.41. The largest absolute Gasteiger partial charge is 0.348 e. The second-order valence-electron chi connectivity index (χ2n) is 4.22. The number of benzene rings is 1. The van der Waals surface area contributed by atoms with Crippen LogP contribution in [0.2, 0.25) is 0 Å². The Balaban J connectivity index is 1.98. The molecule has 1 aromatic rings. The molecule has 0 radical (unpaired) electrons. The molecule has 0 aromatic heterocycles. The summed E-state index contributed by atoms with van der Waals surface area (Å²) in [5.41, 5.74) is 2.21. The van der Waals surface area contributed by atoms with Gasteiger partial charge in [-0.2, -0.15) is 0 Å². The Morgan fingerprint density at radius 2 is 2.00 bits per heavy atom. The topological polar surface area (TPSA) is 66.5 Å². The number of hydrogen-bond acceptors (Lipinski definition) is 3. The molecule has 0 unspecified atom stereocenters. The highest BCUT2D eigenvalue weighted by atomic mass is 16.2. The number of hydrogen-bond donors (Lipinski definition) is 1. The van der Waals surface area contributed by atoms with Gasteiger partial charge in [0.05, 0.1) is 13.0 Å². The molecule has 0 atom stereocenters. The van der Waals surface area contributed by atoms with E-state index in [1.165, 1.54) is 4.90 Å². The average Bonchev–Trinajstić information content (AvgIpc) is 2.82. The van der Waals surface area contributed by atoms with E-state index in [9.17, 15) is 14.4 Å². The van der Waals surface area contributed by atoms with Crippen molar-refractivity contribution >= 4 is 23.3 Å². The summed E-state index contributed by atoms with van der Waals surface area (Å²) in [7, 11) is 0. The highest BCUT2D eigenvalue weighted by molar-refractivity contribution is 6.15. The maximum Gasteiger partial charge on any atom is 0.251 e. The number of anilines is 1. The van der Waals surface area contributed by atoms with E-state index in [-0.39, 0.29) is 30.6 Å². The lowest BCUT2D eigenvalue weighted by Crippen LogP contribution is -2.24. The molecule has 3 rings (SSSR count). The van der Waals surface area contributed by atoms with Crippen molar-refractivity contribution in [2.24, 2.45) is 0 Å². The first-order valence-electron chi connectivity index (χ1n) is 5.38. The Hall–Kier alpha value is -2.17. The summed E-state index contributed by atoms with van der Waals surface area (Å²) < 4.78 is 0. The zero-order valence-electron chi connectivity index (χ0n) is 9.03. The molecular formula is C12H10N2O3. The first-order valence-corrected chi connectivity index (χ1v) is 5.38. The predicted molar refractivity (Wildman–Crippen MR) is 59.6 cm³/mol. The Labute approximate surface area is 97.4 Å². The maximum atomic E-state index is 11.6. The number of amides is 2. The van der Waals surface area contributed by atoms with Crippen molar-refractivity contribution < 1.29 is 14.4 Å². The summed E-state index contributed by atoms with van der Waals surface area (Å²) in [6.07, 6.45) is -0.0196. The molecule has 5 heteroatoms. The smallest absolute Gasteiger partial charge is 0.251 e. The van der Waals surface area contributed by atoms with Crippen molar-refractivity contribution in [3.05, 3.63) is 29.3 Å². The third kappa shape index (κ3) is 1.51. The first kappa shape index (κ1) is 10.0. The number of carbonyl (C=O) groups is 3. The Morgan fingerprint density at radius 1 is 1.18 bits per heavy atom. The molecule has 5 nitrogen and oxygen atoms in total. The standard InChI is InChI=1S/C12H10N2O3/c15-9-4-11(16)14(6-9)8-1-2-10-7(3-8)5-13-12(10)17/h1-3H,4-6H2,(H,13,17). The molecule has 0 saturated carbocycles. The molecule has 2 aliphatic rings. The molecule has 17 heavy (non-hydrogen) atoms. The molecule has 2 aliphatic heterocycles. The highest BCUT2D eigenvalue weighted by Crippen LogP contribution is 2.25. The second-order valence-corrected chi connectivity index (χ2v) is 4.22. The van der Waals surface area contributed by atoms with Gasteiger partial charge in [0.15, 0.2) is 5.78 Å². The van der Waals surface area contributed by atoms with Crippen LogP contribution in [0.5, 0.6) is 0 Å². The third-order valence-electron chi connectivity index (χ3n) is 3.07. The van der Waals surface area contributed by atoms with Crippen molar-refractivity contribution in [3.8, 4) is 0 Å². The number of carbonyl (C=O) groups excluding carboxylic acids is 3. The molecule has 1 fully saturated rings. The minimum Gasteiger partial charge on any atom is -0.348 e. The van der Waals surface area contributed by atoms with Crippen LogP contribution < -0.4 is 10.2 Å². The van der Waals surface area contributed by atoms with Crippen molar-refractivity contribution in [3.63, 3.8) is 0 Å². The summed E-state index contributed by atoms with van der Waals surface area (Å²) in [6.45, 7) is 0.622. The van der Waals surface area contributed by atoms with Crippen LogP contribution in [0, 0.1) is 0 Å². The fourth-order valence-electron chi connectivity index (χ4n) is 2.21. The predicted octanol–water partition coefficient (Wildman–Crippen LogP) is 0.236. The fraction of sp³-hybridized carbons (Fsp3) is 0.250. The van der Waals surface area contributed by atoms with Gasteiger partial charge < -0.3 is 10.2 Å². The van der Waals surface area contributed by atoms with Crippen LogP contribution in [0.3, 0.4) is 0 Å². The molecule has 0 bridgehead atoms. The van der Waals surface area contributed by atoms with Gasteiger partial charge in [-0.05, 0) is 23.8 Å². The van der Waals surface area contributed by atoms with E-state index in [2.05, 4.69) is 5.32 Å². The van der Waals surface area contributed by atoms with E-state index < -0.39 is 0 Å². The number of nitrogens with zero attached hydrogens (tertiary/aromatic N) is 1. The van der Waals surface area contributed by atoms with Gasteiger partial charge in [0.25, 0.3) is 5.91 Å². The van der Waals surface area contributed by atoms with E-state index >= 15 is 0 Å². The molecule has 2 heterocycles. The van der Waals surface area contributed by atoms with Crippen LogP contribution in [-0.4, -0.2) is 24.1 Å². The lowest BCUT2D eigenvalue weighted by Gasteiger charge is -2.15. The molecule has 0 spiro atoms. The highest BCUT2D eigenvalue weighted by Gasteiger charge is 2.29. The summed E-state index contributed by atoms with van der Waals surface area (Å²) in [5.74, 6) is -0.327. The van der Waals surface area contributed by atoms with Gasteiger partial charge in [-0.25, -0.2) is 0 Å². The lowest BCUT2D eigenvalue weighted by molar-refractivity contribution is -0.121. The van der Waals surface area contributed by atoms with E-state index in [0.717, 1.165) is 5.56 Å². The van der Waals surface area contributed by atoms with Crippen LogP contribution in [0.4, 0.5) is 5.69 Å². The molecular weight excluding hydrogens is 220 g/mol. The summed E-state index contributed by atoms with van der Waals surface area (Å²) in [6, 6.07) is 5.20. The first-order chi connectivity index (χ1) is 8.15. The Kier molecular flexibility index (Phi) is 2.01. The summed E-state index contributed by atoms with van der Waals surface area (Å²) in [4.78, 5) is 35.6. The average molecular weight is 230 g/mol. The van der Waals surface area contributed by atoms with E-state index in [1.807, 2.05) is 0 Å². The number of Topliss-reactive ketones (excluding diaryl/α,β-unsaturated/α-hetero) is 1. The minimum absolute atomic E-state index is 0.0196. The van der Waals surface area contributed by atoms with E-state index in [4.69, 9.17) is 0 Å². The number of ketones is 1. The van der Waals surface area contributed by atoms with Crippen LogP contribution >= 0.6 is 0 Å². The normalized spacial score (nSPS) is 18.6. The van der Waals surface area contributed by atoms with Gasteiger partial charge in [0.1, 0.15) is 0 Å². The van der Waals surface area contributed by atoms with Gasteiger partial charge in [-0.15, -0.1) is 0 Å². The van der Waals surface area contributed by atoms with Crippen molar-refractivity contribution in [2.45, 2.75) is 13.0 Å².